The number of aromatic nitrogens is 4. The van der Waals surface area contributed by atoms with E-state index in [1.54, 1.807) is 0 Å². The molecule has 3 heterocycles. The Bertz CT molecular complexity index is 748. The number of nitrogens with two attached hydrogens (primary N) is 1. The molecule has 2 aromatic rings. The van der Waals surface area contributed by atoms with Crippen molar-refractivity contribution in [3.8, 4) is 0 Å². The molecule has 130 valence electrons. The fraction of sp³-hybridized carbons (Fsp3) is 0.571. The molecule has 0 radical (unpaired) electrons. The summed E-state index contributed by atoms with van der Waals surface area (Å²) < 4.78 is 12.0. The number of fused-ring (bicyclic) bond motifs is 1. The summed E-state index contributed by atoms with van der Waals surface area (Å²) in [6, 6.07) is 0. The van der Waals surface area contributed by atoms with Crippen LogP contribution in [0.4, 0.5) is 5.82 Å². The van der Waals surface area contributed by atoms with Gasteiger partial charge in [-0.25, -0.2) is 19.7 Å². The maximum absolute atomic E-state index is 12.0. The smallest absolute Gasteiger partial charge is 0.338 e. The van der Waals surface area contributed by atoms with Crippen LogP contribution in [-0.4, -0.2) is 60.6 Å². The predicted octanol–water partition coefficient (Wildman–Crippen LogP) is -0.773. The number of nitrogens with zero attached hydrogens (tertiary/aromatic N) is 4. The second kappa shape index (κ2) is 6.30. The van der Waals surface area contributed by atoms with E-state index in [0.29, 0.717) is 11.2 Å². The second-order valence-corrected chi connectivity index (χ2v) is 6.04. The highest BCUT2D eigenvalue weighted by molar-refractivity contribution is 5.81. The third-order valence-corrected chi connectivity index (χ3v) is 3.69. The van der Waals surface area contributed by atoms with Gasteiger partial charge >= 0.3 is 5.97 Å². The number of anilines is 1. The van der Waals surface area contributed by atoms with Crippen LogP contribution in [0.1, 0.15) is 20.1 Å². The molecular formula is C14H19N5O5. The Balaban J connectivity index is 1.84. The van der Waals surface area contributed by atoms with Gasteiger partial charge in [0, 0.05) is 0 Å². The summed E-state index contributed by atoms with van der Waals surface area (Å²) in [6.45, 7) is 3.97. The number of hydrogen-bond donors (Lipinski definition) is 3. The van der Waals surface area contributed by atoms with Gasteiger partial charge in [-0.15, -0.1) is 0 Å². The van der Waals surface area contributed by atoms with Crippen LogP contribution >= 0.6 is 0 Å². The first kappa shape index (κ1) is 16.6. The lowest BCUT2D eigenvalue weighted by atomic mass is 10.1. The molecule has 2 aromatic heterocycles. The molecule has 1 aliphatic heterocycles. The zero-order valence-corrected chi connectivity index (χ0v) is 13.2. The quantitative estimate of drug-likeness (QED) is 0.612. The number of carbonyl (C=O) groups excluding carboxylic acids is 1. The molecule has 10 nitrogen and oxygen atoms in total. The Hall–Kier alpha value is -2.30. The number of hydrogen-bond acceptors (Lipinski definition) is 9. The van der Waals surface area contributed by atoms with E-state index in [2.05, 4.69) is 15.0 Å². The van der Waals surface area contributed by atoms with Crippen LogP contribution in [0.5, 0.6) is 0 Å². The molecule has 3 rings (SSSR count). The number of rotatable bonds is 4. The molecule has 1 fully saturated rings. The van der Waals surface area contributed by atoms with Crippen molar-refractivity contribution < 1.29 is 24.5 Å². The third-order valence-electron chi connectivity index (χ3n) is 3.69. The van der Waals surface area contributed by atoms with Gasteiger partial charge < -0.3 is 25.4 Å². The molecule has 0 bridgehead atoms. The number of aliphatic hydroxyl groups is 2. The van der Waals surface area contributed by atoms with E-state index in [-0.39, 0.29) is 18.3 Å². The van der Waals surface area contributed by atoms with Gasteiger partial charge in [-0.05, 0) is 5.92 Å². The lowest BCUT2D eigenvalue weighted by Crippen LogP contribution is -2.37. The predicted molar refractivity (Wildman–Crippen MR) is 81.5 cm³/mol. The fourth-order valence-electron chi connectivity index (χ4n) is 2.47. The van der Waals surface area contributed by atoms with Gasteiger partial charge in [0.15, 0.2) is 23.8 Å². The lowest BCUT2D eigenvalue weighted by Gasteiger charge is -2.16. The normalized spacial score (nSPS) is 27.0. The Morgan fingerprint density at radius 1 is 1.38 bits per heavy atom. The third kappa shape index (κ3) is 2.79. The monoisotopic (exact) mass is 337 g/mol. The van der Waals surface area contributed by atoms with Crippen molar-refractivity contribution in [3.05, 3.63) is 12.7 Å². The first-order valence-corrected chi connectivity index (χ1v) is 7.51. The van der Waals surface area contributed by atoms with E-state index in [4.69, 9.17) is 15.2 Å². The summed E-state index contributed by atoms with van der Waals surface area (Å²) in [5.41, 5.74) is 6.39. The average Bonchev–Trinajstić information content (AvgIpc) is 3.09. The van der Waals surface area contributed by atoms with Crippen LogP contribution in [0.2, 0.25) is 0 Å². The van der Waals surface area contributed by atoms with Crippen LogP contribution in [-0.2, 0) is 14.3 Å². The molecule has 0 spiro atoms. The summed E-state index contributed by atoms with van der Waals surface area (Å²) in [4.78, 5) is 24.0. The first-order chi connectivity index (χ1) is 11.4. The van der Waals surface area contributed by atoms with Crippen molar-refractivity contribution in [2.45, 2.75) is 38.4 Å². The van der Waals surface area contributed by atoms with Gasteiger partial charge in [-0.1, -0.05) is 13.8 Å². The van der Waals surface area contributed by atoms with E-state index in [9.17, 15) is 15.0 Å². The van der Waals surface area contributed by atoms with Crippen molar-refractivity contribution in [1.29, 1.82) is 0 Å². The van der Waals surface area contributed by atoms with E-state index >= 15 is 0 Å². The number of imidazole rings is 1. The van der Waals surface area contributed by atoms with E-state index in [1.165, 1.54) is 17.2 Å². The molecule has 10 heteroatoms. The van der Waals surface area contributed by atoms with E-state index in [0.717, 1.165) is 0 Å². The zero-order valence-electron chi connectivity index (χ0n) is 13.2. The number of nitrogen functional groups attached to an aromatic ring is 1. The molecule has 24 heavy (non-hydrogen) atoms. The number of esters is 1. The van der Waals surface area contributed by atoms with Crippen molar-refractivity contribution in [2.75, 3.05) is 12.3 Å². The van der Waals surface area contributed by atoms with Gasteiger partial charge in [-0.3, -0.25) is 4.57 Å². The van der Waals surface area contributed by atoms with Crippen molar-refractivity contribution >= 4 is 23.0 Å². The van der Waals surface area contributed by atoms with Crippen molar-refractivity contribution in [3.63, 3.8) is 0 Å². The standard InChI is InChI=1S/C14H19N5O5/c1-6(2)3-23-14(22)10-8(20)9(21)13(24-10)19-5-18-7-11(15)16-4-17-12(7)19/h4-6,8-10,13,20-21H,3H2,1-2H3,(H2,15,16,17)/t8-,9+,10-,13+/m0/s1. The fourth-order valence-corrected chi connectivity index (χ4v) is 2.47. The Morgan fingerprint density at radius 2 is 2.12 bits per heavy atom. The highest BCUT2D eigenvalue weighted by Crippen LogP contribution is 2.32. The molecule has 0 aliphatic carbocycles. The summed E-state index contributed by atoms with van der Waals surface area (Å²) >= 11 is 0. The minimum atomic E-state index is -1.42. The SMILES string of the molecule is CC(C)COC(=O)[C@H]1O[C@@H](n2cnc3c(N)ncnc32)[C@H](O)[C@@H]1O. The summed E-state index contributed by atoms with van der Waals surface area (Å²) in [5.74, 6) is -0.401. The van der Waals surface area contributed by atoms with E-state index < -0.39 is 30.5 Å². The molecule has 1 saturated heterocycles. The molecule has 4 N–H and O–H groups in total. The number of aliphatic hydroxyl groups excluding tert-OH is 2. The number of carbonyl (C=O) groups is 1. The minimum absolute atomic E-state index is 0.144. The van der Waals surface area contributed by atoms with Crippen LogP contribution in [0.25, 0.3) is 11.2 Å². The van der Waals surface area contributed by atoms with Gasteiger partial charge in [0.1, 0.15) is 24.1 Å². The molecule has 0 aromatic carbocycles. The molecule has 0 saturated carbocycles. The van der Waals surface area contributed by atoms with Gasteiger partial charge in [0.05, 0.1) is 12.9 Å². The highest BCUT2D eigenvalue weighted by atomic mass is 16.6. The lowest BCUT2D eigenvalue weighted by molar-refractivity contribution is -0.163. The zero-order chi connectivity index (χ0) is 17.4. The molecule has 0 unspecified atom stereocenters. The average molecular weight is 337 g/mol. The Labute approximate surface area is 137 Å². The van der Waals surface area contributed by atoms with Crippen LogP contribution in [0.15, 0.2) is 12.7 Å². The minimum Gasteiger partial charge on any atom is -0.463 e. The topological polar surface area (TPSA) is 146 Å². The summed E-state index contributed by atoms with van der Waals surface area (Å²) in [7, 11) is 0. The molecule has 1 aliphatic rings. The molecule has 0 amide bonds. The Morgan fingerprint density at radius 3 is 2.83 bits per heavy atom. The first-order valence-electron chi connectivity index (χ1n) is 7.51. The van der Waals surface area contributed by atoms with Crippen LogP contribution in [0.3, 0.4) is 0 Å². The second-order valence-electron chi connectivity index (χ2n) is 6.04. The van der Waals surface area contributed by atoms with Gasteiger partial charge in [0.2, 0.25) is 0 Å². The highest BCUT2D eigenvalue weighted by Gasteiger charge is 2.48. The summed E-state index contributed by atoms with van der Waals surface area (Å²) in [5, 5.41) is 20.4. The maximum Gasteiger partial charge on any atom is 0.338 e. The Kier molecular flexibility index (Phi) is 4.35. The van der Waals surface area contributed by atoms with Crippen LogP contribution < -0.4 is 5.73 Å². The van der Waals surface area contributed by atoms with Crippen molar-refractivity contribution in [2.24, 2.45) is 5.92 Å². The van der Waals surface area contributed by atoms with Crippen molar-refractivity contribution in [1.82, 2.24) is 19.5 Å². The van der Waals surface area contributed by atoms with E-state index in [1.807, 2.05) is 13.8 Å². The van der Waals surface area contributed by atoms with Crippen LogP contribution in [0, 0.1) is 5.92 Å². The molecular weight excluding hydrogens is 318 g/mol. The van der Waals surface area contributed by atoms with Gasteiger partial charge in [0.25, 0.3) is 0 Å². The number of ether oxygens (including phenoxy) is 2. The van der Waals surface area contributed by atoms with Gasteiger partial charge in [-0.2, -0.15) is 0 Å². The largest absolute Gasteiger partial charge is 0.463 e. The summed E-state index contributed by atoms with van der Waals surface area (Å²) in [6.07, 6.45) is -2.50. The molecule has 4 atom stereocenters. The maximum atomic E-state index is 12.0.